The Morgan fingerprint density at radius 1 is 0.800 bits per heavy atom. The summed E-state index contributed by atoms with van der Waals surface area (Å²) in [6.07, 6.45) is 0.888. The van der Waals surface area contributed by atoms with E-state index in [1.165, 1.54) is 0 Å². The fourth-order valence-corrected chi connectivity index (χ4v) is 7.15. The molecule has 0 saturated carbocycles. The highest BCUT2D eigenvalue weighted by molar-refractivity contribution is 6.36. The summed E-state index contributed by atoms with van der Waals surface area (Å²) in [7, 11) is 0. The van der Waals surface area contributed by atoms with Gasteiger partial charge in [-0.25, -0.2) is 0 Å². The number of carbonyl (C=O) groups is 3. The van der Waals surface area contributed by atoms with Gasteiger partial charge in [-0.3, -0.25) is 19.3 Å². The second-order valence-corrected chi connectivity index (χ2v) is 10.5. The summed E-state index contributed by atoms with van der Waals surface area (Å²) in [6.45, 7) is 1.65. The van der Waals surface area contributed by atoms with Crippen LogP contribution in [-0.4, -0.2) is 29.2 Å². The first-order valence-electron chi connectivity index (χ1n) is 11.6. The summed E-state index contributed by atoms with van der Waals surface area (Å²) in [5, 5.41) is 2.78. The first-order valence-corrected chi connectivity index (χ1v) is 12.4. The largest absolute Gasteiger partial charge is 0.325 e. The number of hydrogen-bond donors (Lipinski definition) is 1. The average Bonchev–Trinajstić information content (AvgIpc) is 3.13. The molecule has 35 heavy (non-hydrogen) atoms. The number of carbonyl (C=O) groups excluding carboxylic acids is 3. The number of amides is 3. The van der Waals surface area contributed by atoms with Crippen LogP contribution in [0.5, 0.6) is 0 Å². The molecule has 1 N–H and O–H groups in total. The number of anilines is 1. The van der Waals surface area contributed by atoms with Crippen molar-refractivity contribution in [3.05, 3.63) is 101 Å². The molecule has 2 bridgehead atoms. The van der Waals surface area contributed by atoms with Gasteiger partial charge in [-0.15, -0.1) is 23.2 Å². The van der Waals surface area contributed by atoms with E-state index in [-0.39, 0.29) is 0 Å². The summed E-state index contributed by atoms with van der Waals surface area (Å²) in [5.41, 5.74) is 4.69. The Balaban J connectivity index is 1.39. The maximum Gasteiger partial charge on any atom is 0.244 e. The molecule has 4 aliphatic rings. The molecular formula is C28H22Cl2N2O3. The predicted molar refractivity (Wildman–Crippen MR) is 134 cm³/mol. The highest BCUT2D eigenvalue weighted by Gasteiger charge is 2.73. The highest BCUT2D eigenvalue weighted by Crippen LogP contribution is 2.69. The molecule has 3 aliphatic carbocycles. The molecule has 0 spiro atoms. The number of nitrogens with one attached hydrogen (secondary N) is 1. The Morgan fingerprint density at radius 3 is 1.63 bits per heavy atom. The minimum Gasteiger partial charge on any atom is -0.325 e. The summed E-state index contributed by atoms with van der Waals surface area (Å²) >= 11 is 14.8. The molecule has 1 fully saturated rings. The van der Waals surface area contributed by atoms with Crippen molar-refractivity contribution in [1.82, 2.24) is 4.90 Å². The molecule has 3 amide bonds. The Bertz CT molecular complexity index is 1280. The van der Waals surface area contributed by atoms with Gasteiger partial charge in [-0.05, 0) is 46.4 Å². The first kappa shape index (κ1) is 22.3. The topological polar surface area (TPSA) is 66.5 Å². The number of aryl methyl sites for hydroxylation is 1. The number of benzene rings is 3. The molecule has 3 aromatic rings. The van der Waals surface area contributed by atoms with Gasteiger partial charge in [0.25, 0.3) is 0 Å². The Kier molecular flexibility index (Phi) is 4.89. The Hall–Kier alpha value is -3.15. The van der Waals surface area contributed by atoms with Crippen LogP contribution in [0.2, 0.25) is 0 Å². The molecule has 1 saturated heterocycles. The van der Waals surface area contributed by atoms with Crippen LogP contribution < -0.4 is 5.32 Å². The monoisotopic (exact) mass is 504 g/mol. The van der Waals surface area contributed by atoms with Gasteiger partial charge in [0.2, 0.25) is 17.7 Å². The van der Waals surface area contributed by atoms with Crippen molar-refractivity contribution in [1.29, 1.82) is 0 Å². The van der Waals surface area contributed by atoms with Gasteiger partial charge < -0.3 is 5.32 Å². The van der Waals surface area contributed by atoms with Crippen LogP contribution in [0.15, 0.2) is 72.8 Å². The minimum atomic E-state index is -1.25. The number of alkyl halides is 2. The summed E-state index contributed by atoms with van der Waals surface area (Å²) in [4.78, 5) is 38.9. The van der Waals surface area contributed by atoms with E-state index < -0.39 is 45.9 Å². The van der Waals surface area contributed by atoms with Gasteiger partial charge in [-0.2, -0.15) is 0 Å². The van der Waals surface area contributed by atoms with Gasteiger partial charge in [-0.1, -0.05) is 67.6 Å². The van der Waals surface area contributed by atoms with Gasteiger partial charge in [0, 0.05) is 5.69 Å². The van der Waals surface area contributed by atoms with Crippen LogP contribution in [0.25, 0.3) is 0 Å². The number of likely N-dealkylation sites (tertiary alicyclic amines) is 1. The second kappa shape index (κ2) is 7.67. The van der Waals surface area contributed by atoms with E-state index in [1.54, 1.807) is 12.1 Å². The molecular weight excluding hydrogens is 483 g/mol. The molecule has 3 aromatic carbocycles. The lowest BCUT2D eigenvalue weighted by Crippen LogP contribution is -2.57. The highest BCUT2D eigenvalue weighted by atomic mass is 35.5. The van der Waals surface area contributed by atoms with E-state index in [9.17, 15) is 14.4 Å². The zero-order valence-electron chi connectivity index (χ0n) is 18.9. The van der Waals surface area contributed by atoms with Crippen molar-refractivity contribution in [2.45, 2.75) is 23.1 Å². The van der Waals surface area contributed by atoms with Crippen molar-refractivity contribution in [3.8, 4) is 0 Å². The first-order chi connectivity index (χ1) is 16.8. The smallest absolute Gasteiger partial charge is 0.244 e. The third-order valence-electron chi connectivity index (χ3n) is 7.62. The van der Waals surface area contributed by atoms with Gasteiger partial charge in [0.15, 0.2) is 0 Å². The van der Waals surface area contributed by atoms with Gasteiger partial charge >= 0.3 is 0 Å². The van der Waals surface area contributed by atoms with Crippen LogP contribution >= 0.6 is 23.2 Å². The summed E-state index contributed by atoms with van der Waals surface area (Å²) in [5.74, 6) is -3.21. The molecule has 1 heterocycles. The molecule has 1 aliphatic heterocycles. The van der Waals surface area contributed by atoms with E-state index in [2.05, 4.69) is 12.2 Å². The number of nitrogens with zero attached hydrogens (tertiary/aromatic N) is 1. The van der Waals surface area contributed by atoms with Crippen LogP contribution in [0.1, 0.15) is 34.7 Å². The fraction of sp³-hybridized carbons (Fsp3) is 0.250. The third kappa shape index (κ3) is 2.85. The van der Waals surface area contributed by atoms with Crippen molar-refractivity contribution >= 4 is 46.6 Å². The van der Waals surface area contributed by atoms with E-state index in [0.717, 1.165) is 39.1 Å². The molecule has 7 rings (SSSR count). The lowest BCUT2D eigenvalue weighted by atomic mass is 9.54. The number of hydrogen-bond acceptors (Lipinski definition) is 3. The fourth-order valence-electron chi connectivity index (χ4n) is 6.05. The standard InChI is InChI=1S/C28H22Cl2N2O3/c1-2-16-11-13-17(14-12-16)31-22(33)15-32-25(34)23-24(26(32)35)28(30)19-8-4-3-7-18(19)27(23,29)20-9-5-6-10-21(20)28/h3-14,23-24H,2,15H2,1H3,(H,31,33)/t23-,24-,27?,28?/m1/s1. The van der Waals surface area contributed by atoms with E-state index in [4.69, 9.17) is 23.2 Å². The third-order valence-corrected chi connectivity index (χ3v) is 8.91. The SMILES string of the molecule is CCc1ccc(NC(=O)CN2C(=O)[C@H]3[C@H](C2=O)C2(Cl)c4ccccc4C3(Cl)c3ccccc32)cc1. The maximum absolute atomic E-state index is 13.8. The zero-order chi connectivity index (χ0) is 24.5. The van der Waals surface area contributed by atoms with Crippen molar-refractivity contribution in [2.75, 3.05) is 11.9 Å². The molecule has 5 nitrogen and oxygen atoms in total. The maximum atomic E-state index is 13.8. The zero-order valence-corrected chi connectivity index (χ0v) is 20.4. The van der Waals surface area contributed by atoms with Crippen LogP contribution in [0.4, 0.5) is 5.69 Å². The molecule has 0 aromatic heterocycles. The second-order valence-electron chi connectivity index (χ2n) is 9.33. The molecule has 2 atom stereocenters. The molecule has 176 valence electrons. The Morgan fingerprint density at radius 2 is 1.23 bits per heavy atom. The van der Waals surface area contributed by atoms with E-state index >= 15 is 0 Å². The van der Waals surface area contributed by atoms with Crippen LogP contribution in [0.3, 0.4) is 0 Å². The quantitative estimate of drug-likeness (QED) is 0.410. The summed E-state index contributed by atoms with van der Waals surface area (Å²) < 4.78 is 0. The van der Waals surface area contributed by atoms with Crippen LogP contribution in [-0.2, 0) is 30.6 Å². The number of imide groups is 1. The van der Waals surface area contributed by atoms with Crippen molar-refractivity contribution in [3.63, 3.8) is 0 Å². The molecule has 0 radical (unpaired) electrons. The van der Waals surface area contributed by atoms with Crippen LogP contribution in [0, 0.1) is 11.8 Å². The lowest BCUT2D eigenvalue weighted by molar-refractivity contribution is -0.142. The summed E-state index contributed by atoms with van der Waals surface area (Å²) in [6, 6.07) is 22.4. The normalized spacial score (nSPS) is 27.9. The van der Waals surface area contributed by atoms with Gasteiger partial charge in [0.1, 0.15) is 16.3 Å². The van der Waals surface area contributed by atoms with Gasteiger partial charge in [0.05, 0.1) is 11.8 Å². The average molecular weight is 505 g/mol. The van der Waals surface area contributed by atoms with Crippen molar-refractivity contribution in [2.24, 2.45) is 11.8 Å². The Labute approximate surface area is 213 Å². The van der Waals surface area contributed by atoms with E-state index in [1.807, 2.05) is 60.7 Å². The minimum absolute atomic E-state index is 0.396. The molecule has 0 unspecified atom stereocenters. The number of halogens is 2. The lowest BCUT2D eigenvalue weighted by Gasteiger charge is -2.54. The molecule has 7 heteroatoms. The predicted octanol–water partition coefficient (Wildman–Crippen LogP) is 4.78. The van der Waals surface area contributed by atoms with E-state index in [0.29, 0.717) is 5.69 Å². The van der Waals surface area contributed by atoms with Crippen molar-refractivity contribution < 1.29 is 14.4 Å². The number of rotatable bonds is 4.